The predicted molar refractivity (Wildman–Crippen MR) is 157 cm³/mol. The molecule has 0 radical (unpaired) electrons. The van der Waals surface area contributed by atoms with E-state index in [9.17, 15) is 4.79 Å². The highest BCUT2D eigenvalue weighted by Crippen LogP contribution is 2.34. The van der Waals surface area contributed by atoms with Gasteiger partial charge in [-0.05, 0) is 67.2 Å². The molecule has 4 rings (SSSR count). The van der Waals surface area contributed by atoms with Crippen LogP contribution in [-0.4, -0.2) is 52.0 Å². The normalized spacial score (nSPS) is 10.7. The van der Waals surface area contributed by atoms with E-state index in [1.165, 1.54) is 0 Å². The summed E-state index contributed by atoms with van der Waals surface area (Å²) in [5.41, 5.74) is 4.72. The minimum atomic E-state index is -0.218. The van der Waals surface area contributed by atoms with E-state index in [-0.39, 0.29) is 12.7 Å². The molecule has 6 nitrogen and oxygen atoms in total. The zero-order valence-corrected chi connectivity index (χ0v) is 22.6. The number of carbonyl (C=O) groups excluding carboxylic acids is 1. The second-order valence-electron chi connectivity index (χ2n) is 9.19. The Morgan fingerprint density at radius 3 is 1.77 bits per heavy atom. The van der Waals surface area contributed by atoms with Crippen LogP contribution < -0.4 is 14.8 Å². The van der Waals surface area contributed by atoms with Crippen LogP contribution in [0.3, 0.4) is 0 Å². The lowest BCUT2D eigenvalue weighted by molar-refractivity contribution is -0.111. The number of ether oxygens (including phenoxy) is 3. The zero-order valence-electron chi connectivity index (χ0n) is 22.6. The first-order chi connectivity index (χ1) is 19.0. The van der Waals surface area contributed by atoms with Crippen molar-refractivity contribution in [3.05, 3.63) is 126 Å². The van der Waals surface area contributed by atoms with E-state index in [0.717, 1.165) is 34.6 Å². The van der Waals surface area contributed by atoms with Crippen molar-refractivity contribution in [2.75, 3.05) is 46.5 Å². The molecule has 0 saturated heterocycles. The van der Waals surface area contributed by atoms with Crippen LogP contribution in [0.1, 0.15) is 16.7 Å². The van der Waals surface area contributed by atoms with E-state index < -0.39 is 0 Å². The van der Waals surface area contributed by atoms with Crippen LogP contribution in [0, 0.1) is 0 Å². The van der Waals surface area contributed by atoms with E-state index in [0.29, 0.717) is 23.6 Å². The molecule has 0 spiro atoms. The summed E-state index contributed by atoms with van der Waals surface area (Å²) < 4.78 is 16.4. The molecule has 0 unspecified atom stereocenters. The average Bonchev–Trinajstić information content (AvgIpc) is 2.96. The number of hydrogen-bond acceptors (Lipinski definition) is 5. The molecule has 0 saturated carbocycles. The summed E-state index contributed by atoms with van der Waals surface area (Å²) in [6, 6.07) is 34.8. The molecule has 0 heterocycles. The number of methoxy groups -OCH3 is 1. The second kappa shape index (κ2) is 14.0. The molecule has 1 N–H and O–H groups in total. The van der Waals surface area contributed by atoms with Crippen LogP contribution in [0.5, 0.6) is 11.5 Å². The van der Waals surface area contributed by atoms with Gasteiger partial charge in [0, 0.05) is 24.9 Å². The summed E-state index contributed by atoms with van der Waals surface area (Å²) in [6.45, 7) is 1.56. The van der Waals surface area contributed by atoms with Crippen molar-refractivity contribution in [3.8, 4) is 11.5 Å². The summed E-state index contributed by atoms with van der Waals surface area (Å²) in [7, 11) is 5.59. The largest absolute Gasteiger partial charge is 0.492 e. The summed E-state index contributed by atoms with van der Waals surface area (Å²) in [4.78, 5) is 16.1. The van der Waals surface area contributed by atoms with Gasteiger partial charge in [-0.1, -0.05) is 72.8 Å². The fraction of sp³-hybridized carbons (Fsp3) is 0.182. The smallest absolute Gasteiger partial charge is 0.256 e. The van der Waals surface area contributed by atoms with Crippen molar-refractivity contribution in [1.29, 1.82) is 0 Å². The molecular formula is C33H34N2O4. The highest BCUT2D eigenvalue weighted by atomic mass is 16.7. The number of nitrogens with one attached hydrogen (secondary N) is 1. The lowest BCUT2D eigenvalue weighted by atomic mass is 9.89. The Bertz CT molecular complexity index is 1310. The van der Waals surface area contributed by atoms with Crippen molar-refractivity contribution in [2.24, 2.45) is 0 Å². The molecular weight excluding hydrogens is 488 g/mol. The van der Waals surface area contributed by atoms with Gasteiger partial charge in [-0.3, -0.25) is 4.79 Å². The summed E-state index contributed by atoms with van der Waals surface area (Å²) >= 11 is 0. The van der Waals surface area contributed by atoms with Crippen LogP contribution in [0.15, 0.2) is 109 Å². The first-order valence-corrected chi connectivity index (χ1v) is 12.8. The van der Waals surface area contributed by atoms with Gasteiger partial charge in [-0.15, -0.1) is 0 Å². The van der Waals surface area contributed by atoms with Gasteiger partial charge in [0.25, 0.3) is 5.91 Å². The third-order valence-corrected chi connectivity index (χ3v) is 6.01. The minimum absolute atomic E-state index is 0.149. The number of carbonyl (C=O) groups is 1. The van der Waals surface area contributed by atoms with Crippen LogP contribution in [0.2, 0.25) is 0 Å². The van der Waals surface area contributed by atoms with Crippen molar-refractivity contribution < 1.29 is 19.0 Å². The Kier molecular flexibility index (Phi) is 9.89. The summed E-state index contributed by atoms with van der Waals surface area (Å²) in [5.74, 6) is 1.20. The van der Waals surface area contributed by atoms with E-state index in [1.54, 1.807) is 7.11 Å². The number of rotatable bonds is 12. The lowest BCUT2D eigenvalue weighted by Crippen LogP contribution is -2.19. The third kappa shape index (κ3) is 7.80. The molecule has 1 amide bonds. The quantitative estimate of drug-likeness (QED) is 0.136. The van der Waals surface area contributed by atoms with Crippen LogP contribution in [0.25, 0.3) is 11.1 Å². The molecule has 0 aliphatic carbocycles. The van der Waals surface area contributed by atoms with Crippen molar-refractivity contribution >= 4 is 22.7 Å². The molecule has 0 aliphatic rings. The van der Waals surface area contributed by atoms with Crippen molar-refractivity contribution in [2.45, 2.75) is 0 Å². The maximum Gasteiger partial charge on any atom is 0.256 e. The van der Waals surface area contributed by atoms with Gasteiger partial charge >= 0.3 is 0 Å². The van der Waals surface area contributed by atoms with E-state index in [4.69, 9.17) is 14.2 Å². The Morgan fingerprint density at radius 1 is 0.692 bits per heavy atom. The summed E-state index contributed by atoms with van der Waals surface area (Å²) in [5, 5.41) is 3.10. The molecule has 4 aromatic carbocycles. The van der Waals surface area contributed by atoms with Gasteiger partial charge in [0.15, 0.2) is 6.79 Å². The number of benzene rings is 4. The Balaban J connectivity index is 1.73. The van der Waals surface area contributed by atoms with E-state index in [1.807, 2.05) is 123 Å². The Labute approximate surface area is 230 Å². The number of likely N-dealkylation sites (N-methyl/N-ethyl adjacent to an activating group) is 1. The average molecular weight is 523 g/mol. The SMILES string of the molecule is COCOc1ccc(C(C(=O)Nc2ccc(OCCN(C)C)cc2)=C(c2ccccc2)c2ccccc2)cc1. The van der Waals surface area contributed by atoms with Crippen LogP contribution in [-0.2, 0) is 9.53 Å². The van der Waals surface area contributed by atoms with Gasteiger partial charge in [-0.25, -0.2) is 0 Å². The van der Waals surface area contributed by atoms with Crippen molar-refractivity contribution in [3.63, 3.8) is 0 Å². The maximum atomic E-state index is 14.0. The Hall–Kier alpha value is -4.39. The van der Waals surface area contributed by atoms with Gasteiger partial charge in [0.2, 0.25) is 0 Å². The van der Waals surface area contributed by atoms with Gasteiger partial charge in [-0.2, -0.15) is 0 Å². The molecule has 200 valence electrons. The molecule has 0 atom stereocenters. The molecule has 39 heavy (non-hydrogen) atoms. The van der Waals surface area contributed by atoms with Crippen LogP contribution in [0.4, 0.5) is 5.69 Å². The highest BCUT2D eigenvalue weighted by molar-refractivity contribution is 6.33. The molecule has 4 aromatic rings. The monoisotopic (exact) mass is 522 g/mol. The summed E-state index contributed by atoms with van der Waals surface area (Å²) in [6.07, 6.45) is 0. The topological polar surface area (TPSA) is 60.0 Å². The van der Waals surface area contributed by atoms with Crippen LogP contribution >= 0.6 is 0 Å². The highest BCUT2D eigenvalue weighted by Gasteiger charge is 2.21. The predicted octanol–water partition coefficient (Wildman–Crippen LogP) is 6.21. The molecule has 0 bridgehead atoms. The van der Waals surface area contributed by atoms with Gasteiger partial charge in [0.05, 0.1) is 5.57 Å². The number of anilines is 1. The fourth-order valence-electron chi connectivity index (χ4n) is 4.07. The van der Waals surface area contributed by atoms with E-state index >= 15 is 0 Å². The number of amides is 1. The number of nitrogens with zero attached hydrogens (tertiary/aromatic N) is 1. The minimum Gasteiger partial charge on any atom is -0.492 e. The molecule has 0 fully saturated rings. The lowest BCUT2D eigenvalue weighted by Gasteiger charge is -2.18. The molecule has 6 heteroatoms. The van der Waals surface area contributed by atoms with E-state index in [2.05, 4.69) is 10.2 Å². The second-order valence-corrected chi connectivity index (χ2v) is 9.19. The van der Waals surface area contributed by atoms with Gasteiger partial charge in [0.1, 0.15) is 18.1 Å². The zero-order chi connectivity index (χ0) is 27.5. The van der Waals surface area contributed by atoms with Gasteiger partial charge < -0.3 is 24.4 Å². The molecule has 0 aromatic heterocycles. The first-order valence-electron chi connectivity index (χ1n) is 12.8. The first kappa shape index (κ1) is 27.6. The maximum absolute atomic E-state index is 14.0. The standard InChI is InChI=1S/C33H34N2O4/c1-35(2)22-23-38-29-20-16-28(17-21-29)34-33(36)32(27-14-18-30(19-15-27)39-24-37-3)31(25-10-6-4-7-11-25)26-12-8-5-9-13-26/h4-21H,22-24H2,1-3H3,(H,34,36). The third-order valence-electron chi connectivity index (χ3n) is 6.01. The van der Waals surface area contributed by atoms with Crippen molar-refractivity contribution in [1.82, 2.24) is 4.90 Å². The number of hydrogen-bond donors (Lipinski definition) is 1. The fourth-order valence-corrected chi connectivity index (χ4v) is 4.07. The molecule has 0 aliphatic heterocycles. The Morgan fingerprint density at radius 2 is 1.23 bits per heavy atom.